The highest BCUT2D eigenvalue weighted by molar-refractivity contribution is 5.78. The first-order valence-electron chi connectivity index (χ1n) is 7.91. The van der Waals surface area contributed by atoms with Gasteiger partial charge in [-0.25, -0.2) is 4.79 Å². The molecule has 0 atom stereocenters. The van der Waals surface area contributed by atoms with Gasteiger partial charge in [0.05, 0.1) is 0 Å². The number of rotatable bonds is 5. The summed E-state index contributed by atoms with van der Waals surface area (Å²) >= 11 is 0. The number of carbonyl (C=O) groups excluding carboxylic acids is 2. The van der Waals surface area contributed by atoms with E-state index < -0.39 is 18.6 Å². The fraction of sp³-hybridized carbons (Fsp3) is 0.438. The number of fused-ring (bicyclic) bond motifs is 1. The van der Waals surface area contributed by atoms with Crippen LogP contribution >= 0.6 is 0 Å². The van der Waals surface area contributed by atoms with E-state index in [9.17, 15) is 9.59 Å². The molecule has 1 saturated heterocycles. The molecule has 0 bridgehead atoms. The van der Waals surface area contributed by atoms with Gasteiger partial charge in [0.1, 0.15) is 5.52 Å². The van der Waals surface area contributed by atoms with Crippen LogP contribution in [0.1, 0.15) is 12.8 Å². The van der Waals surface area contributed by atoms with Crippen molar-refractivity contribution < 1.29 is 18.7 Å². The standard InChI is InChI=1S/C16H20N4O4/c17-14(21)10-23-16(22)18-9-11-5-7-20(8-6-11)15-19-12-3-1-2-4-13(12)24-15/h1-4,11H,5-10H2,(H2,17,21)(H,18,22). The van der Waals surface area contributed by atoms with Crippen molar-refractivity contribution in [3.8, 4) is 0 Å². The fourth-order valence-corrected chi connectivity index (χ4v) is 2.74. The average molecular weight is 332 g/mol. The lowest BCUT2D eigenvalue weighted by molar-refractivity contribution is -0.120. The molecule has 2 amide bonds. The molecule has 0 radical (unpaired) electrons. The number of nitrogens with two attached hydrogens (primary N) is 1. The smallest absolute Gasteiger partial charge is 0.407 e. The van der Waals surface area contributed by atoms with Gasteiger partial charge >= 0.3 is 6.09 Å². The lowest BCUT2D eigenvalue weighted by Gasteiger charge is -2.30. The first-order chi connectivity index (χ1) is 11.6. The summed E-state index contributed by atoms with van der Waals surface area (Å²) in [4.78, 5) is 28.6. The number of ether oxygens (including phenoxy) is 1. The molecule has 0 unspecified atom stereocenters. The molecular weight excluding hydrogens is 312 g/mol. The number of oxazole rings is 1. The van der Waals surface area contributed by atoms with Crippen molar-refractivity contribution in [2.45, 2.75) is 12.8 Å². The molecule has 1 aromatic carbocycles. The number of nitrogens with zero attached hydrogens (tertiary/aromatic N) is 2. The molecule has 128 valence electrons. The summed E-state index contributed by atoms with van der Waals surface area (Å²) < 4.78 is 10.4. The van der Waals surface area contributed by atoms with E-state index in [4.69, 9.17) is 10.2 Å². The van der Waals surface area contributed by atoms with E-state index >= 15 is 0 Å². The van der Waals surface area contributed by atoms with Crippen molar-refractivity contribution in [2.75, 3.05) is 31.1 Å². The molecule has 2 aromatic rings. The molecule has 8 nitrogen and oxygen atoms in total. The van der Waals surface area contributed by atoms with Crippen molar-refractivity contribution in [3.05, 3.63) is 24.3 Å². The Kier molecular flexibility index (Phi) is 4.83. The van der Waals surface area contributed by atoms with Crippen LogP contribution < -0.4 is 16.0 Å². The Hall–Kier alpha value is -2.77. The lowest BCUT2D eigenvalue weighted by Crippen LogP contribution is -2.39. The Morgan fingerprint density at radius 3 is 2.79 bits per heavy atom. The van der Waals surface area contributed by atoms with Gasteiger partial charge in [-0.2, -0.15) is 4.98 Å². The van der Waals surface area contributed by atoms with E-state index in [1.165, 1.54) is 0 Å². The summed E-state index contributed by atoms with van der Waals surface area (Å²) in [6.45, 7) is 1.74. The summed E-state index contributed by atoms with van der Waals surface area (Å²) in [5.41, 5.74) is 6.55. The highest BCUT2D eigenvalue weighted by atomic mass is 16.6. The zero-order chi connectivity index (χ0) is 16.9. The Morgan fingerprint density at radius 1 is 1.33 bits per heavy atom. The summed E-state index contributed by atoms with van der Waals surface area (Å²) in [5.74, 6) is -0.316. The second-order valence-electron chi connectivity index (χ2n) is 5.82. The van der Waals surface area contributed by atoms with Crippen molar-refractivity contribution >= 4 is 29.1 Å². The van der Waals surface area contributed by atoms with E-state index in [-0.39, 0.29) is 0 Å². The molecular formula is C16H20N4O4. The molecule has 2 heterocycles. The zero-order valence-electron chi connectivity index (χ0n) is 13.2. The second kappa shape index (κ2) is 7.20. The van der Waals surface area contributed by atoms with Crippen molar-refractivity contribution in [2.24, 2.45) is 11.7 Å². The number of para-hydroxylation sites is 2. The number of anilines is 1. The number of alkyl carbamates (subject to hydrolysis) is 1. The Bertz CT molecular complexity index is 689. The predicted molar refractivity (Wildman–Crippen MR) is 87.5 cm³/mol. The number of benzene rings is 1. The Morgan fingerprint density at radius 2 is 2.08 bits per heavy atom. The molecule has 0 aliphatic carbocycles. The minimum absolute atomic E-state index is 0.353. The minimum Gasteiger partial charge on any atom is -0.439 e. The van der Waals surface area contributed by atoms with Crippen molar-refractivity contribution in [1.82, 2.24) is 10.3 Å². The first kappa shape index (κ1) is 16.1. The third-order valence-corrected chi connectivity index (χ3v) is 4.05. The van der Waals surface area contributed by atoms with Crippen LogP contribution in [0.25, 0.3) is 11.1 Å². The third kappa shape index (κ3) is 3.95. The normalized spacial score (nSPS) is 15.4. The first-order valence-corrected chi connectivity index (χ1v) is 7.91. The molecule has 3 N–H and O–H groups in total. The maximum absolute atomic E-state index is 11.4. The predicted octanol–water partition coefficient (Wildman–Crippen LogP) is 1.26. The molecule has 1 aliphatic heterocycles. The van der Waals surface area contributed by atoms with E-state index in [2.05, 4.69) is 19.9 Å². The SMILES string of the molecule is NC(=O)COC(=O)NCC1CCN(c2nc3ccccc3o2)CC1. The summed E-state index contributed by atoms with van der Waals surface area (Å²) in [5, 5.41) is 2.66. The van der Waals surface area contributed by atoms with E-state index in [0.29, 0.717) is 18.5 Å². The van der Waals surface area contributed by atoms with Crippen LogP contribution in [-0.2, 0) is 9.53 Å². The van der Waals surface area contributed by atoms with E-state index in [1.54, 1.807) is 0 Å². The number of piperidine rings is 1. The van der Waals surface area contributed by atoms with Crippen LogP contribution in [0.5, 0.6) is 0 Å². The van der Waals surface area contributed by atoms with Crippen LogP contribution in [0, 0.1) is 5.92 Å². The average Bonchev–Trinajstić information content (AvgIpc) is 3.02. The van der Waals surface area contributed by atoms with Gasteiger partial charge in [0, 0.05) is 19.6 Å². The molecule has 0 saturated carbocycles. The largest absolute Gasteiger partial charge is 0.439 e. The molecule has 8 heteroatoms. The summed E-state index contributed by atoms with van der Waals surface area (Å²) in [6, 6.07) is 8.33. The molecule has 1 fully saturated rings. The highest BCUT2D eigenvalue weighted by Crippen LogP contribution is 2.25. The number of hydrogen-bond acceptors (Lipinski definition) is 6. The van der Waals surface area contributed by atoms with Crippen LogP contribution in [0.3, 0.4) is 0 Å². The van der Waals surface area contributed by atoms with Crippen LogP contribution in [0.4, 0.5) is 10.8 Å². The maximum Gasteiger partial charge on any atom is 0.407 e. The summed E-state index contributed by atoms with van der Waals surface area (Å²) in [6.07, 6.45) is 1.21. The number of amides is 2. The number of primary amides is 1. The quantitative estimate of drug-likeness (QED) is 0.852. The van der Waals surface area contributed by atoms with Gasteiger partial charge < -0.3 is 25.1 Å². The molecule has 3 rings (SSSR count). The van der Waals surface area contributed by atoms with Gasteiger partial charge in [0.25, 0.3) is 11.9 Å². The zero-order valence-corrected chi connectivity index (χ0v) is 13.2. The summed E-state index contributed by atoms with van der Waals surface area (Å²) in [7, 11) is 0. The lowest BCUT2D eigenvalue weighted by atomic mass is 9.97. The third-order valence-electron chi connectivity index (χ3n) is 4.05. The molecule has 1 aliphatic rings. The number of hydrogen-bond donors (Lipinski definition) is 2. The van der Waals surface area contributed by atoms with Gasteiger partial charge in [-0.3, -0.25) is 4.79 Å². The van der Waals surface area contributed by atoms with Gasteiger partial charge in [-0.15, -0.1) is 0 Å². The Labute approximate surface area is 138 Å². The van der Waals surface area contributed by atoms with Gasteiger partial charge in [-0.05, 0) is 30.9 Å². The molecule has 0 spiro atoms. The monoisotopic (exact) mass is 332 g/mol. The fourth-order valence-electron chi connectivity index (χ4n) is 2.74. The van der Waals surface area contributed by atoms with E-state index in [0.717, 1.165) is 37.0 Å². The topological polar surface area (TPSA) is 111 Å². The van der Waals surface area contributed by atoms with Crippen LogP contribution in [-0.4, -0.2) is 43.2 Å². The number of nitrogens with one attached hydrogen (secondary N) is 1. The highest BCUT2D eigenvalue weighted by Gasteiger charge is 2.23. The van der Waals surface area contributed by atoms with Gasteiger partial charge in [0.15, 0.2) is 12.2 Å². The van der Waals surface area contributed by atoms with E-state index in [1.807, 2.05) is 24.3 Å². The molecule has 1 aromatic heterocycles. The number of carbonyl (C=O) groups is 2. The number of aromatic nitrogens is 1. The van der Waals surface area contributed by atoms with Crippen molar-refractivity contribution in [3.63, 3.8) is 0 Å². The van der Waals surface area contributed by atoms with Gasteiger partial charge in [-0.1, -0.05) is 12.1 Å². The molecule has 24 heavy (non-hydrogen) atoms. The van der Waals surface area contributed by atoms with Crippen LogP contribution in [0.15, 0.2) is 28.7 Å². The second-order valence-corrected chi connectivity index (χ2v) is 5.82. The van der Waals surface area contributed by atoms with Crippen molar-refractivity contribution in [1.29, 1.82) is 0 Å². The van der Waals surface area contributed by atoms with Crippen LogP contribution in [0.2, 0.25) is 0 Å². The maximum atomic E-state index is 11.4. The van der Waals surface area contributed by atoms with Gasteiger partial charge in [0.2, 0.25) is 0 Å². The Balaban J connectivity index is 1.45. The minimum atomic E-state index is -0.670.